The van der Waals surface area contributed by atoms with Gasteiger partial charge < -0.3 is 14.4 Å². The van der Waals surface area contributed by atoms with Crippen LogP contribution in [0.1, 0.15) is 37.0 Å². The van der Waals surface area contributed by atoms with Crippen molar-refractivity contribution in [3.63, 3.8) is 0 Å². The maximum Gasteiger partial charge on any atom is 0.335 e. The minimum absolute atomic E-state index is 0.211. The van der Waals surface area contributed by atoms with Crippen LogP contribution in [0.5, 0.6) is 0 Å². The highest BCUT2D eigenvalue weighted by molar-refractivity contribution is 5.88. The molecular formula is C14H16N2O4. The van der Waals surface area contributed by atoms with E-state index in [-0.39, 0.29) is 5.56 Å². The van der Waals surface area contributed by atoms with Gasteiger partial charge in [0.1, 0.15) is 5.60 Å². The summed E-state index contributed by atoms with van der Waals surface area (Å²) in [6.07, 6.45) is 0. The smallest absolute Gasteiger partial charge is 0.335 e. The molecule has 0 spiro atoms. The first kappa shape index (κ1) is 14.2. The van der Waals surface area contributed by atoms with Crippen LogP contribution in [-0.2, 0) is 10.3 Å². The highest BCUT2D eigenvalue weighted by Gasteiger charge is 2.27. The van der Waals surface area contributed by atoms with E-state index in [0.29, 0.717) is 23.9 Å². The molecule has 0 fully saturated rings. The molecule has 0 saturated carbocycles. The van der Waals surface area contributed by atoms with Crippen LogP contribution in [0.15, 0.2) is 28.8 Å². The van der Waals surface area contributed by atoms with Crippen LogP contribution in [-0.4, -0.2) is 27.8 Å². The Morgan fingerprint density at radius 2 is 2.00 bits per heavy atom. The molecule has 1 aromatic heterocycles. The van der Waals surface area contributed by atoms with Crippen molar-refractivity contribution in [3.05, 3.63) is 35.7 Å². The first-order valence-corrected chi connectivity index (χ1v) is 6.26. The average molecular weight is 276 g/mol. The van der Waals surface area contributed by atoms with Crippen molar-refractivity contribution in [1.29, 1.82) is 0 Å². The second-order valence-electron chi connectivity index (χ2n) is 4.75. The molecule has 1 heterocycles. The number of rotatable bonds is 5. The summed E-state index contributed by atoms with van der Waals surface area (Å²) in [7, 11) is 0. The van der Waals surface area contributed by atoms with Crippen LogP contribution >= 0.6 is 0 Å². The van der Waals surface area contributed by atoms with Crippen molar-refractivity contribution in [3.8, 4) is 11.5 Å². The lowest BCUT2D eigenvalue weighted by atomic mass is 10.1. The molecule has 0 radical (unpaired) electrons. The van der Waals surface area contributed by atoms with E-state index in [1.807, 2.05) is 20.8 Å². The SMILES string of the molecule is CCOC(C)(C)c1noc(-c2ccc(C(=O)O)cc2)n1. The summed E-state index contributed by atoms with van der Waals surface area (Å²) in [4.78, 5) is 15.1. The topological polar surface area (TPSA) is 85.5 Å². The van der Waals surface area contributed by atoms with Crippen LogP contribution in [0.25, 0.3) is 11.5 Å². The van der Waals surface area contributed by atoms with Gasteiger partial charge in [0.05, 0.1) is 5.56 Å². The van der Waals surface area contributed by atoms with E-state index in [0.717, 1.165) is 0 Å². The van der Waals surface area contributed by atoms with Gasteiger partial charge in [-0.25, -0.2) is 4.79 Å². The Bertz CT molecular complexity index is 602. The Morgan fingerprint density at radius 3 is 2.55 bits per heavy atom. The van der Waals surface area contributed by atoms with E-state index < -0.39 is 11.6 Å². The van der Waals surface area contributed by atoms with Crippen molar-refractivity contribution in [2.75, 3.05) is 6.61 Å². The minimum Gasteiger partial charge on any atom is -0.478 e. The lowest BCUT2D eigenvalue weighted by molar-refractivity contribution is -0.0221. The molecule has 0 aliphatic heterocycles. The number of aromatic carboxylic acids is 1. The maximum absolute atomic E-state index is 10.8. The van der Waals surface area contributed by atoms with Gasteiger partial charge in [-0.3, -0.25) is 0 Å². The zero-order valence-electron chi connectivity index (χ0n) is 11.6. The summed E-state index contributed by atoms with van der Waals surface area (Å²) >= 11 is 0. The average Bonchev–Trinajstić information content (AvgIpc) is 2.89. The number of ether oxygens (including phenoxy) is 1. The quantitative estimate of drug-likeness (QED) is 0.903. The van der Waals surface area contributed by atoms with Gasteiger partial charge >= 0.3 is 5.97 Å². The summed E-state index contributed by atoms with van der Waals surface area (Å²) in [5.74, 6) is -0.179. The molecule has 0 atom stereocenters. The molecule has 0 aliphatic carbocycles. The number of carbonyl (C=O) groups is 1. The highest BCUT2D eigenvalue weighted by Crippen LogP contribution is 2.25. The summed E-state index contributed by atoms with van der Waals surface area (Å²) < 4.78 is 10.7. The molecule has 1 N–H and O–H groups in total. The number of carboxylic acids is 1. The summed E-state index contributed by atoms with van der Waals surface area (Å²) in [6, 6.07) is 6.26. The Kier molecular flexibility index (Phi) is 3.85. The van der Waals surface area contributed by atoms with Crippen LogP contribution in [0.4, 0.5) is 0 Å². The lowest BCUT2D eigenvalue weighted by Crippen LogP contribution is -2.23. The van der Waals surface area contributed by atoms with E-state index in [9.17, 15) is 4.79 Å². The monoisotopic (exact) mass is 276 g/mol. The number of nitrogens with zero attached hydrogens (tertiary/aromatic N) is 2. The first-order valence-electron chi connectivity index (χ1n) is 6.26. The van der Waals surface area contributed by atoms with E-state index in [4.69, 9.17) is 14.4 Å². The Morgan fingerprint density at radius 1 is 1.35 bits per heavy atom. The zero-order chi connectivity index (χ0) is 14.8. The minimum atomic E-state index is -0.972. The molecule has 0 unspecified atom stereocenters. The number of aromatic nitrogens is 2. The van der Waals surface area contributed by atoms with Gasteiger partial charge in [0.2, 0.25) is 5.82 Å². The largest absolute Gasteiger partial charge is 0.478 e. The molecule has 2 aromatic rings. The van der Waals surface area contributed by atoms with Crippen molar-refractivity contribution in [2.24, 2.45) is 0 Å². The third-order valence-corrected chi connectivity index (χ3v) is 2.85. The molecule has 2 rings (SSSR count). The van der Waals surface area contributed by atoms with Gasteiger partial charge in [-0.2, -0.15) is 4.98 Å². The third-order valence-electron chi connectivity index (χ3n) is 2.85. The van der Waals surface area contributed by atoms with Crippen LogP contribution in [0.3, 0.4) is 0 Å². The van der Waals surface area contributed by atoms with E-state index in [2.05, 4.69) is 10.1 Å². The zero-order valence-corrected chi connectivity index (χ0v) is 11.6. The van der Waals surface area contributed by atoms with E-state index >= 15 is 0 Å². The Labute approximate surface area is 116 Å². The number of hydrogen-bond acceptors (Lipinski definition) is 5. The van der Waals surface area contributed by atoms with Gasteiger partial charge in [-0.05, 0) is 45.0 Å². The van der Waals surface area contributed by atoms with Gasteiger partial charge in [0.25, 0.3) is 5.89 Å². The molecule has 0 saturated heterocycles. The standard InChI is InChI=1S/C14H16N2O4/c1-4-19-14(2,3)13-15-11(20-16-13)9-5-7-10(8-6-9)12(17)18/h5-8H,4H2,1-3H3,(H,17,18). The first-order chi connectivity index (χ1) is 9.44. The molecule has 20 heavy (non-hydrogen) atoms. The molecular weight excluding hydrogens is 260 g/mol. The molecule has 0 aliphatic rings. The predicted molar refractivity (Wildman–Crippen MR) is 71.3 cm³/mol. The maximum atomic E-state index is 10.8. The predicted octanol–water partition coefficient (Wildman–Crippen LogP) is 2.71. The molecule has 0 bridgehead atoms. The van der Waals surface area contributed by atoms with Crippen molar-refractivity contribution in [2.45, 2.75) is 26.4 Å². The fourth-order valence-corrected chi connectivity index (χ4v) is 1.77. The second kappa shape index (κ2) is 5.42. The normalized spacial score (nSPS) is 11.6. The Hall–Kier alpha value is -2.21. The van der Waals surface area contributed by atoms with Crippen molar-refractivity contribution < 1.29 is 19.2 Å². The second-order valence-corrected chi connectivity index (χ2v) is 4.75. The third kappa shape index (κ3) is 2.85. The number of hydrogen-bond donors (Lipinski definition) is 1. The summed E-state index contributed by atoms with van der Waals surface area (Å²) in [5, 5.41) is 12.8. The molecule has 6 heteroatoms. The van der Waals surface area contributed by atoms with Gasteiger partial charge in [0.15, 0.2) is 0 Å². The van der Waals surface area contributed by atoms with Crippen molar-refractivity contribution >= 4 is 5.97 Å². The van der Waals surface area contributed by atoms with Gasteiger partial charge in [0, 0.05) is 12.2 Å². The summed E-state index contributed by atoms with van der Waals surface area (Å²) in [5.41, 5.74) is 0.251. The number of carboxylic acid groups (broad SMARTS) is 1. The number of benzene rings is 1. The van der Waals surface area contributed by atoms with Crippen LogP contribution in [0, 0.1) is 0 Å². The summed E-state index contributed by atoms with van der Waals surface area (Å²) in [6.45, 7) is 6.16. The van der Waals surface area contributed by atoms with Crippen LogP contribution < -0.4 is 0 Å². The van der Waals surface area contributed by atoms with Crippen molar-refractivity contribution in [1.82, 2.24) is 10.1 Å². The molecule has 6 nitrogen and oxygen atoms in total. The molecule has 0 amide bonds. The Balaban J connectivity index is 2.26. The highest BCUT2D eigenvalue weighted by atomic mass is 16.5. The fourth-order valence-electron chi connectivity index (χ4n) is 1.77. The lowest BCUT2D eigenvalue weighted by Gasteiger charge is -2.19. The van der Waals surface area contributed by atoms with E-state index in [1.54, 1.807) is 12.1 Å². The van der Waals surface area contributed by atoms with Gasteiger partial charge in [-0.1, -0.05) is 5.16 Å². The van der Waals surface area contributed by atoms with E-state index in [1.165, 1.54) is 12.1 Å². The van der Waals surface area contributed by atoms with Gasteiger partial charge in [-0.15, -0.1) is 0 Å². The molecule has 106 valence electrons. The fraction of sp³-hybridized carbons (Fsp3) is 0.357. The van der Waals surface area contributed by atoms with Crippen LogP contribution in [0.2, 0.25) is 0 Å². The molecule has 1 aromatic carbocycles.